The number of amides is 1. The van der Waals surface area contributed by atoms with E-state index >= 15 is 0 Å². The topological polar surface area (TPSA) is 69.1 Å². The van der Waals surface area contributed by atoms with Crippen LogP contribution in [0.25, 0.3) is 0 Å². The van der Waals surface area contributed by atoms with E-state index in [0.29, 0.717) is 24.1 Å². The summed E-state index contributed by atoms with van der Waals surface area (Å²) in [6.45, 7) is 0. The van der Waals surface area contributed by atoms with Gasteiger partial charge in [0.2, 0.25) is 5.91 Å². The van der Waals surface area contributed by atoms with Crippen molar-refractivity contribution in [1.29, 1.82) is 0 Å². The molecule has 0 saturated carbocycles. The van der Waals surface area contributed by atoms with Crippen molar-refractivity contribution in [3.63, 3.8) is 0 Å². The van der Waals surface area contributed by atoms with E-state index in [4.69, 9.17) is 11.5 Å². The van der Waals surface area contributed by atoms with E-state index in [2.05, 4.69) is 0 Å². The summed E-state index contributed by atoms with van der Waals surface area (Å²) in [5, 5.41) is 0. The minimum absolute atomic E-state index is 0.263. The molecule has 2 aromatic rings. The molecule has 0 atom stereocenters. The molecule has 0 unspecified atom stereocenters. The highest BCUT2D eigenvalue weighted by molar-refractivity contribution is 5.95. The van der Waals surface area contributed by atoms with Crippen LogP contribution in [-0.4, -0.2) is 5.91 Å². The second-order valence-electron chi connectivity index (χ2n) is 4.36. The van der Waals surface area contributed by atoms with Crippen molar-refractivity contribution in [2.75, 3.05) is 5.73 Å². The fourth-order valence-corrected chi connectivity index (χ4v) is 2.03. The van der Waals surface area contributed by atoms with Crippen molar-refractivity contribution in [2.24, 2.45) is 5.73 Å². The number of nitrogens with two attached hydrogens (primary N) is 2. The Morgan fingerprint density at radius 2 is 1.74 bits per heavy atom. The molecule has 98 valence electrons. The molecule has 0 aliphatic heterocycles. The predicted octanol–water partition coefficient (Wildman–Crippen LogP) is 2.29. The van der Waals surface area contributed by atoms with Crippen LogP contribution in [0.4, 0.5) is 10.1 Å². The van der Waals surface area contributed by atoms with E-state index in [0.717, 1.165) is 11.1 Å². The molecule has 0 spiro atoms. The summed E-state index contributed by atoms with van der Waals surface area (Å²) < 4.78 is 12.8. The Balaban J connectivity index is 2.19. The van der Waals surface area contributed by atoms with Gasteiger partial charge >= 0.3 is 0 Å². The summed E-state index contributed by atoms with van der Waals surface area (Å²) in [7, 11) is 0. The Kier molecular flexibility index (Phi) is 3.80. The molecule has 2 rings (SSSR count). The highest BCUT2D eigenvalue weighted by atomic mass is 19.1. The number of aryl methyl sites for hydroxylation is 1. The lowest BCUT2D eigenvalue weighted by Crippen LogP contribution is -2.15. The van der Waals surface area contributed by atoms with E-state index in [1.807, 2.05) is 0 Å². The molecule has 0 fully saturated rings. The fourth-order valence-electron chi connectivity index (χ4n) is 2.03. The molecule has 0 saturated heterocycles. The Bertz CT molecular complexity index is 594. The Morgan fingerprint density at radius 1 is 1.05 bits per heavy atom. The fraction of sp³-hybridized carbons (Fsp3) is 0.133. The van der Waals surface area contributed by atoms with Gasteiger partial charge in [-0.1, -0.05) is 18.2 Å². The molecule has 0 aliphatic carbocycles. The number of nitrogen functional groups attached to an aromatic ring is 1. The van der Waals surface area contributed by atoms with Crippen LogP contribution < -0.4 is 11.5 Å². The second-order valence-corrected chi connectivity index (χ2v) is 4.36. The zero-order valence-corrected chi connectivity index (χ0v) is 10.4. The molecule has 2 aromatic carbocycles. The molecule has 0 radical (unpaired) electrons. The number of primary amides is 1. The van der Waals surface area contributed by atoms with Crippen LogP contribution in [0.1, 0.15) is 21.5 Å². The van der Waals surface area contributed by atoms with Gasteiger partial charge in [-0.25, -0.2) is 4.39 Å². The monoisotopic (exact) mass is 258 g/mol. The van der Waals surface area contributed by atoms with Crippen LogP contribution >= 0.6 is 0 Å². The molecule has 0 aliphatic rings. The highest BCUT2D eigenvalue weighted by Crippen LogP contribution is 2.19. The number of hydrogen-bond donors (Lipinski definition) is 2. The van der Waals surface area contributed by atoms with Crippen LogP contribution in [-0.2, 0) is 12.8 Å². The standard InChI is InChI=1S/C15H15FN2O/c16-11-7-4-10(5-8-11)6-9-12-13(15(18)19)2-1-3-14(12)17/h1-5,7-8H,6,9,17H2,(H2,18,19). The van der Waals surface area contributed by atoms with E-state index in [1.54, 1.807) is 30.3 Å². The van der Waals surface area contributed by atoms with Gasteiger partial charge in [-0.15, -0.1) is 0 Å². The number of carbonyl (C=O) groups excluding carboxylic acids is 1. The number of halogens is 1. The van der Waals surface area contributed by atoms with Gasteiger partial charge in [0.1, 0.15) is 5.82 Å². The molecule has 19 heavy (non-hydrogen) atoms. The molecule has 4 N–H and O–H groups in total. The Hall–Kier alpha value is -2.36. The molecule has 0 heterocycles. The first-order valence-electron chi connectivity index (χ1n) is 5.99. The molecular weight excluding hydrogens is 243 g/mol. The molecular formula is C15H15FN2O. The van der Waals surface area contributed by atoms with Gasteiger partial charge in [0.15, 0.2) is 0 Å². The third-order valence-electron chi connectivity index (χ3n) is 3.05. The normalized spacial score (nSPS) is 10.4. The number of benzene rings is 2. The summed E-state index contributed by atoms with van der Waals surface area (Å²) in [6, 6.07) is 11.4. The van der Waals surface area contributed by atoms with Crippen LogP contribution in [0, 0.1) is 5.82 Å². The highest BCUT2D eigenvalue weighted by Gasteiger charge is 2.10. The zero-order valence-electron chi connectivity index (χ0n) is 10.4. The second kappa shape index (κ2) is 5.52. The summed E-state index contributed by atoms with van der Waals surface area (Å²) in [5.74, 6) is -0.748. The van der Waals surface area contributed by atoms with Crippen molar-refractivity contribution >= 4 is 11.6 Å². The maximum Gasteiger partial charge on any atom is 0.249 e. The van der Waals surface area contributed by atoms with Crippen molar-refractivity contribution in [2.45, 2.75) is 12.8 Å². The molecule has 3 nitrogen and oxygen atoms in total. The first-order valence-corrected chi connectivity index (χ1v) is 5.99. The summed E-state index contributed by atoms with van der Waals surface area (Å²) in [6.07, 6.45) is 1.27. The maximum absolute atomic E-state index is 12.8. The predicted molar refractivity (Wildman–Crippen MR) is 73.2 cm³/mol. The number of rotatable bonds is 4. The smallest absolute Gasteiger partial charge is 0.249 e. The van der Waals surface area contributed by atoms with Crippen molar-refractivity contribution in [1.82, 2.24) is 0 Å². The quantitative estimate of drug-likeness (QED) is 0.826. The lowest BCUT2D eigenvalue weighted by atomic mass is 9.98. The first kappa shape index (κ1) is 13.1. The summed E-state index contributed by atoms with van der Waals surface area (Å²) >= 11 is 0. The lowest BCUT2D eigenvalue weighted by Gasteiger charge is -2.10. The minimum Gasteiger partial charge on any atom is -0.398 e. The van der Waals surface area contributed by atoms with Gasteiger partial charge in [-0.05, 0) is 48.2 Å². The van der Waals surface area contributed by atoms with Crippen LogP contribution in [0.2, 0.25) is 0 Å². The molecule has 0 bridgehead atoms. The van der Waals surface area contributed by atoms with E-state index in [9.17, 15) is 9.18 Å². The zero-order chi connectivity index (χ0) is 13.8. The Labute approximate surface area is 111 Å². The van der Waals surface area contributed by atoms with Crippen LogP contribution in [0.5, 0.6) is 0 Å². The first-order chi connectivity index (χ1) is 9.08. The Morgan fingerprint density at radius 3 is 2.37 bits per heavy atom. The largest absolute Gasteiger partial charge is 0.398 e. The lowest BCUT2D eigenvalue weighted by molar-refractivity contribution is 0.0999. The van der Waals surface area contributed by atoms with Crippen LogP contribution in [0.15, 0.2) is 42.5 Å². The number of carbonyl (C=O) groups is 1. The van der Waals surface area contributed by atoms with Crippen LogP contribution in [0.3, 0.4) is 0 Å². The van der Waals surface area contributed by atoms with Gasteiger partial charge < -0.3 is 11.5 Å². The SMILES string of the molecule is NC(=O)c1cccc(N)c1CCc1ccc(F)cc1. The molecule has 0 aromatic heterocycles. The minimum atomic E-state index is -0.485. The number of hydrogen-bond acceptors (Lipinski definition) is 2. The average Bonchev–Trinajstić information content (AvgIpc) is 2.39. The van der Waals surface area contributed by atoms with Gasteiger partial charge in [0, 0.05) is 11.3 Å². The van der Waals surface area contributed by atoms with E-state index in [1.165, 1.54) is 12.1 Å². The van der Waals surface area contributed by atoms with Gasteiger partial charge in [0.05, 0.1) is 0 Å². The van der Waals surface area contributed by atoms with Crippen molar-refractivity contribution in [3.05, 3.63) is 65.0 Å². The summed E-state index contributed by atoms with van der Waals surface area (Å²) in [4.78, 5) is 11.3. The molecule has 4 heteroatoms. The van der Waals surface area contributed by atoms with Crippen molar-refractivity contribution in [3.8, 4) is 0 Å². The van der Waals surface area contributed by atoms with E-state index in [-0.39, 0.29) is 5.82 Å². The van der Waals surface area contributed by atoms with Gasteiger partial charge in [-0.3, -0.25) is 4.79 Å². The number of anilines is 1. The van der Waals surface area contributed by atoms with Crippen molar-refractivity contribution < 1.29 is 9.18 Å². The third-order valence-corrected chi connectivity index (χ3v) is 3.05. The molecule has 1 amide bonds. The van der Waals surface area contributed by atoms with Gasteiger partial charge in [0.25, 0.3) is 0 Å². The average molecular weight is 258 g/mol. The van der Waals surface area contributed by atoms with E-state index < -0.39 is 5.91 Å². The maximum atomic E-state index is 12.8. The summed E-state index contributed by atoms with van der Waals surface area (Å²) in [5.41, 5.74) is 13.9. The van der Waals surface area contributed by atoms with Gasteiger partial charge in [-0.2, -0.15) is 0 Å². The third kappa shape index (κ3) is 3.10.